The molecule has 126 valence electrons. The fourth-order valence-electron chi connectivity index (χ4n) is 2.54. The number of ketones is 1. The van der Waals surface area contributed by atoms with Gasteiger partial charge in [0.05, 0.1) is 7.11 Å². The molecule has 0 fully saturated rings. The Labute approximate surface area is 138 Å². The summed E-state index contributed by atoms with van der Waals surface area (Å²) in [4.78, 5) is 23.6. The number of nitrogens with zero attached hydrogens (tertiary/aromatic N) is 1. The molecule has 2 rings (SSSR count). The summed E-state index contributed by atoms with van der Waals surface area (Å²) in [6.45, 7) is 3.63. The number of halogens is 2. The molecule has 0 N–H and O–H groups in total. The van der Waals surface area contributed by atoms with Crippen LogP contribution < -0.4 is 4.57 Å². The number of methoxy groups -OCH3 is 1. The first-order valence-corrected chi connectivity index (χ1v) is 7.36. The van der Waals surface area contributed by atoms with E-state index in [0.29, 0.717) is 0 Å². The normalized spacial score (nSPS) is 10.5. The minimum Gasteiger partial charge on any atom is -0.465 e. The van der Waals surface area contributed by atoms with Gasteiger partial charge in [0.2, 0.25) is 36.4 Å². The Bertz CT molecular complexity index is 760. The number of benzene rings is 1. The number of pyridine rings is 1. The molecule has 0 atom stereocenters. The third-order valence-corrected chi connectivity index (χ3v) is 3.80. The summed E-state index contributed by atoms with van der Waals surface area (Å²) in [5.41, 5.74) is 2.13. The van der Waals surface area contributed by atoms with Crippen LogP contribution in [0.2, 0.25) is 0 Å². The largest absolute Gasteiger partial charge is 0.465 e. The van der Waals surface area contributed by atoms with Crippen LogP contribution in [0.15, 0.2) is 30.6 Å². The molecule has 0 aliphatic heterocycles. The van der Waals surface area contributed by atoms with Crippen molar-refractivity contribution in [3.63, 3.8) is 0 Å². The lowest BCUT2D eigenvalue weighted by atomic mass is 9.98. The minimum absolute atomic E-state index is 0.174. The molecular weight excluding hydrogens is 316 g/mol. The van der Waals surface area contributed by atoms with E-state index in [0.717, 1.165) is 40.8 Å². The van der Waals surface area contributed by atoms with Crippen molar-refractivity contribution < 1.29 is 27.7 Å². The first-order chi connectivity index (χ1) is 11.3. The summed E-state index contributed by atoms with van der Waals surface area (Å²) in [6.07, 6.45) is 2.00. The quantitative estimate of drug-likeness (QED) is 0.623. The number of aromatic nitrogens is 1. The van der Waals surface area contributed by atoms with Crippen LogP contribution in [0.25, 0.3) is 0 Å². The van der Waals surface area contributed by atoms with E-state index >= 15 is 0 Å². The Balaban J connectivity index is 2.19. The monoisotopic (exact) mass is 334 g/mol. The van der Waals surface area contributed by atoms with Crippen LogP contribution in [0.4, 0.5) is 8.78 Å². The van der Waals surface area contributed by atoms with Crippen molar-refractivity contribution >= 4 is 11.8 Å². The average Bonchev–Trinajstić information content (AvgIpc) is 2.50. The molecule has 0 unspecified atom stereocenters. The van der Waals surface area contributed by atoms with Gasteiger partial charge in [-0.05, 0) is 30.5 Å². The Morgan fingerprint density at radius 3 is 2.12 bits per heavy atom. The van der Waals surface area contributed by atoms with Gasteiger partial charge in [-0.1, -0.05) is 18.2 Å². The lowest BCUT2D eigenvalue weighted by Crippen LogP contribution is -2.40. The van der Waals surface area contributed by atoms with Crippen LogP contribution in [0, 0.1) is 25.5 Å². The zero-order valence-electron chi connectivity index (χ0n) is 13.7. The fourth-order valence-corrected chi connectivity index (χ4v) is 2.54. The topological polar surface area (TPSA) is 47.2 Å². The van der Waals surface area contributed by atoms with Gasteiger partial charge in [0, 0.05) is 6.42 Å². The molecule has 6 heteroatoms. The molecule has 0 spiro atoms. The summed E-state index contributed by atoms with van der Waals surface area (Å²) >= 11 is 0. The molecular formula is C18H18F2NO3+. The highest BCUT2D eigenvalue weighted by molar-refractivity contribution is 5.89. The highest BCUT2D eigenvalue weighted by Gasteiger charge is 2.24. The van der Waals surface area contributed by atoms with Crippen molar-refractivity contribution in [3.8, 4) is 0 Å². The highest BCUT2D eigenvalue weighted by atomic mass is 19.1. The summed E-state index contributed by atoms with van der Waals surface area (Å²) in [6, 6.07) is 5.73. The van der Waals surface area contributed by atoms with Crippen molar-refractivity contribution in [2.45, 2.75) is 26.8 Å². The number of hydrogen-bond acceptors (Lipinski definition) is 3. The van der Waals surface area contributed by atoms with Gasteiger partial charge in [-0.25, -0.2) is 4.79 Å². The van der Waals surface area contributed by atoms with Crippen molar-refractivity contribution in [2.75, 3.05) is 7.11 Å². The number of Topliss-reactive ketones (excluding diaryl/α,β-unsaturated/α-hetero) is 1. The number of rotatable bonds is 5. The molecule has 0 aliphatic rings. The molecule has 0 radical (unpaired) electrons. The van der Waals surface area contributed by atoms with E-state index in [2.05, 4.69) is 4.74 Å². The van der Waals surface area contributed by atoms with Gasteiger partial charge in [-0.3, -0.25) is 4.79 Å². The molecule has 4 nitrogen and oxygen atoms in total. The summed E-state index contributed by atoms with van der Waals surface area (Å²) in [7, 11) is 1.04. The maximum absolute atomic E-state index is 13.9. The van der Waals surface area contributed by atoms with Gasteiger partial charge in [0.1, 0.15) is 5.56 Å². The summed E-state index contributed by atoms with van der Waals surface area (Å²) < 4.78 is 33.2. The predicted molar refractivity (Wildman–Crippen MR) is 82.5 cm³/mol. The van der Waals surface area contributed by atoms with Crippen LogP contribution in [-0.2, 0) is 22.5 Å². The van der Waals surface area contributed by atoms with Crippen LogP contribution in [-0.4, -0.2) is 18.9 Å². The SMILES string of the molecule is COC(=O)c1c(F)c[n+](CC(=O)Cc2c(C)cccc2C)cc1F. The van der Waals surface area contributed by atoms with Crippen molar-refractivity contribution in [3.05, 3.63) is 64.5 Å². The lowest BCUT2D eigenvalue weighted by molar-refractivity contribution is -0.687. The molecule has 2 aromatic rings. The number of carbonyl (C=O) groups excluding carboxylic acids is 2. The van der Waals surface area contributed by atoms with E-state index in [4.69, 9.17) is 0 Å². The van der Waals surface area contributed by atoms with E-state index in [-0.39, 0.29) is 18.7 Å². The van der Waals surface area contributed by atoms with Gasteiger partial charge >= 0.3 is 5.97 Å². The van der Waals surface area contributed by atoms with Crippen LogP contribution >= 0.6 is 0 Å². The van der Waals surface area contributed by atoms with E-state index in [9.17, 15) is 18.4 Å². The third-order valence-electron chi connectivity index (χ3n) is 3.80. The maximum atomic E-state index is 13.9. The number of esters is 1. The Morgan fingerprint density at radius 2 is 1.62 bits per heavy atom. The van der Waals surface area contributed by atoms with E-state index in [1.807, 2.05) is 32.0 Å². The van der Waals surface area contributed by atoms with Crippen LogP contribution in [0.1, 0.15) is 27.0 Å². The molecule has 0 bridgehead atoms. The zero-order valence-corrected chi connectivity index (χ0v) is 13.7. The van der Waals surface area contributed by atoms with Gasteiger partial charge in [0.15, 0.2) is 0 Å². The lowest BCUT2D eigenvalue weighted by Gasteiger charge is -2.08. The number of hydrogen-bond donors (Lipinski definition) is 0. The molecule has 0 saturated heterocycles. The highest BCUT2D eigenvalue weighted by Crippen LogP contribution is 2.14. The Kier molecular flexibility index (Phi) is 5.39. The summed E-state index contributed by atoms with van der Waals surface area (Å²) in [5, 5.41) is 0. The van der Waals surface area contributed by atoms with Crippen molar-refractivity contribution in [1.29, 1.82) is 0 Å². The smallest absolute Gasteiger partial charge is 0.344 e. The van der Waals surface area contributed by atoms with E-state index < -0.39 is 23.2 Å². The summed E-state index contributed by atoms with van der Waals surface area (Å²) in [5.74, 6) is -3.43. The number of aryl methyl sites for hydroxylation is 2. The minimum atomic E-state index is -1.10. The van der Waals surface area contributed by atoms with Gasteiger partial charge in [0.25, 0.3) is 0 Å². The number of carbonyl (C=O) groups is 2. The third kappa shape index (κ3) is 3.82. The molecule has 0 saturated carbocycles. The van der Waals surface area contributed by atoms with Gasteiger partial charge < -0.3 is 4.74 Å². The predicted octanol–water partition coefficient (Wildman–Crippen LogP) is 2.47. The molecule has 0 aliphatic carbocycles. The van der Waals surface area contributed by atoms with Crippen LogP contribution in [0.3, 0.4) is 0 Å². The van der Waals surface area contributed by atoms with Gasteiger partial charge in [-0.2, -0.15) is 13.3 Å². The first-order valence-electron chi connectivity index (χ1n) is 7.36. The average molecular weight is 334 g/mol. The second kappa shape index (κ2) is 7.29. The zero-order chi connectivity index (χ0) is 17.9. The molecule has 0 amide bonds. The van der Waals surface area contributed by atoms with Gasteiger partial charge in [-0.15, -0.1) is 0 Å². The second-order valence-corrected chi connectivity index (χ2v) is 5.58. The maximum Gasteiger partial charge on any atom is 0.344 e. The second-order valence-electron chi connectivity index (χ2n) is 5.58. The Hall–Kier alpha value is -2.63. The van der Waals surface area contributed by atoms with E-state index in [1.165, 1.54) is 0 Å². The molecule has 1 aromatic carbocycles. The fraction of sp³-hybridized carbons (Fsp3) is 0.278. The standard InChI is InChI=1S/C18H18F2NO3/c1-11-5-4-6-12(2)14(11)7-13(22)8-21-9-15(19)17(16(20)10-21)18(23)24-3/h4-6,9-10H,7-8H2,1-3H3/q+1. The first kappa shape index (κ1) is 17.7. The van der Waals surface area contributed by atoms with Crippen molar-refractivity contribution in [2.24, 2.45) is 0 Å². The van der Waals surface area contributed by atoms with E-state index in [1.54, 1.807) is 0 Å². The Morgan fingerprint density at radius 1 is 1.08 bits per heavy atom. The van der Waals surface area contributed by atoms with Crippen LogP contribution in [0.5, 0.6) is 0 Å². The van der Waals surface area contributed by atoms with Crippen molar-refractivity contribution in [1.82, 2.24) is 0 Å². The molecule has 1 heterocycles. The molecule has 1 aromatic heterocycles. The number of ether oxygens (including phenoxy) is 1. The molecule has 24 heavy (non-hydrogen) atoms.